The molecular formula is C18H26N2. The van der Waals surface area contributed by atoms with Crippen LogP contribution in [0.5, 0.6) is 0 Å². The van der Waals surface area contributed by atoms with Crippen LogP contribution in [0.1, 0.15) is 50.1 Å². The Balaban J connectivity index is 1.56. The lowest BCUT2D eigenvalue weighted by Crippen LogP contribution is -2.55. The minimum Gasteiger partial charge on any atom is -0.311 e. The summed E-state index contributed by atoms with van der Waals surface area (Å²) < 4.78 is 0. The van der Waals surface area contributed by atoms with Crippen molar-refractivity contribution in [2.75, 3.05) is 13.1 Å². The number of hydrogen-bond donors (Lipinski definition) is 1. The molecule has 4 rings (SSSR count). The van der Waals surface area contributed by atoms with Gasteiger partial charge in [-0.15, -0.1) is 0 Å². The molecule has 2 atom stereocenters. The van der Waals surface area contributed by atoms with Gasteiger partial charge in [0.25, 0.3) is 0 Å². The summed E-state index contributed by atoms with van der Waals surface area (Å²) in [4.78, 5) is 2.85. The maximum atomic E-state index is 3.84. The van der Waals surface area contributed by atoms with Crippen LogP contribution < -0.4 is 5.32 Å². The molecule has 2 heteroatoms. The highest BCUT2D eigenvalue weighted by molar-refractivity contribution is 5.21. The van der Waals surface area contributed by atoms with Crippen LogP contribution in [0.15, 0.2) is 30.3 Å². The van der Waals surface area contributed by atoms with Crippen LogP contribution in [0.2, 0.25) is 0 Å². The van der Waals surface area contributed by atoms with E-state index in [9.17, 15) is 0 Å². The van der Waals surface area contributed by atoms with Gasteiger partial charge in [-0.25, -0.2) is 0 Å². The summed E-state index contributed by atoms with van der Waals surface area (Å²) in [5, 5.41) is 3.84. The van der Waals surface area contributed by atoms with E-state index in [1.165, 1.54) is 50.6 Å². The van der Waals surface area contributed by atoms with Crippen LogP contribution >= 0.6 is 0 Å². The van der Waals surface area contributed by atoms with Crippen molar-refractivity contribution in [2.45, 2.75) is 56.7 Å². The Hall–Kier alpha value is -0.860. The summed E-state index contributed by atoms with van der Waals surface area (Å²) >= 11 is 0. The topological polar surface area (TPSA) is 15.3 Å². The Morgan fingerprint density at radius 3 is 2.40 bits per heavy atom. The van der Waals surface area contributed by atoms with E-state index in [-0.39, 0.29) is 0 Å². The molecule has 1 heterocycles. The lowest BCUT2D eigenvalue weighted by atomic mass is 9.96. The van der Waals surface area contributed by atoms with Gasteiger partial charge in [-0.3, -0.25) is 4.90 Å². The van der Waals surface area contributed by atoms with Gasteiger partial charge >= 0.3 is 0 Å². The number of nitrogens with zero attached hydrogens (tertiary/aromatic N) is 1. The zero-order chi connectivity index (χ0) is 13.4. The Bertz CT molecular complexity index is 434. The van der Waals surface area contributed by atoms with E-state index in [1.807, 2.05) is 0 Å². The second-order valence-corrected chi connectivity index (χ2v) is 6.91. The van der Waals surface area contributed by atoms with Gasteiger partial charge in [0.1, 0.15) is 0 Å². The molecule has 2 aliphatic carbocycles. The zero-order valence-electron chi connectivity index (χ0n) is 12.3. The molecule has 3 fully saturated rings. The molecule has 108 valence electrons. The molecule has 1 aromatic carbocycles. The van der Waals surface area contributed by atoms with Crippen LogP contribution in [0, 0.1) is 5.92 Å². The Kier molecular flexibility index (Phi) is 3.53. The monoisotopic (exact) mass is 270 g/mol. The van der Waals surface area contributed by atoms with Crippen molar-refractivity contribution in [1.82, 2.24) is 10.2 Å². The predicted octanol–water partition coefficient (Wildman–Crippen LogP) is 3.35. The van der Waals surface area contributed by atoms with Gasteiger partial charge in [0, 0.05) is 31.2 Å². The summed E-state index contributed by atoms with van der Waals surface area (Å²) in [7, 11) is 0. The predicted molar refractivity (Wildman–Crippen MR) is 82.7 cm³/mol. The third kappa shape index (κ3) is 2.51. The summed E-state index contributed by atoms with van der Waals surface area (Å²) in [6, 6.07) is 13.3. The molecule has 0 bridgehead atoms. The maximum absolute atomic E-state index is 3.84. The van der Waals surface area contributed by atoms with Gasteiger partial charge in [-0.05, 0) is 37.2 Å². The second kappa shape index (κ2) is 5.50. The van der Waals surface area contributed by atoms with Gasteiger partial charge in [0.15, 0.2) is 0 Å². The average Bonchev–Trinajstić information content (AvgIpc) is 3.22. The molecule has 20 heavy (non-hydrogen) atoms. The smallest absolute Gasteiger partial charge is 0.0476 e. The molecule has 2 nitrogen and oxygen atoms in total. The molecule has 3 aliphatic rings. The zero-order valence-corrected chi connectivity index (χ0v) is 12.3. The van der Waals surface area contributed by atoms with Crippen molar-refractivity contribution in [1.29, 1.82) is 0 Å². The Labute approximate surface area is 122 Å². The van der Waals surface area contributed by atoms with E-state index >= 15 is 0 Å². The van der Waals surface area contributed by atoms with E-state index in [4.69, 9.17) is 0 Å². The van der Waals surface area contributed by atoms with E-state index in [0.717, 1.165) is 24.5 Å². The molecule has 0 spiro atoms. The standard InChI is InChI=1S/C18H26N2/c1-2-6-15(7-3-1)18-12-19-17(14-10-11-14)13-20(18)16-8-4-5-9-16/h1-3,6-7,14,16-19H,4-5,8-13H2. The van der Waals surface area contributed by atoms with Crippen LogP contribution in [-0.2, 0) is 0 Å². The highest BCUT2D eigenvalue weighted by atomic mass is 15.3. The van der Waals surface area contributed by atoms with E-state index in [0.29, 0.717) is 6.04 Å². The number of hydrogen-bond acceptors (Lipinski definition) is 2. The first kappa shape index (κ1) is 12.8. The summed E-state index contributed by atoms with van der Waals surface area (Å²) in [5.74, 6) is 0.968. The fourth-order valence-corrected chi connectivity index (χ4v) is 4.24. The van der Waals surface area contributed by atoms with E-state index < -0.39 is 0 Å². The van der Waals surface area contributed by atoms with Gasteiger partial charge in [0.05, 0.1) is 0 Å². The van der Waals surface area contributed by atoms with E-state index in [2.05, 4.69) is 40.5 Å². The Morgan fingerprint density at radius 2 is 1.70 bits per heavy atom. The van der Waals surface area contributed by atoms with Crippen molar-refractivity contribution in [3.63, 3.8) is 0 Å². The highest BCUT2D eigenvalue weighted by Gasteiger charge is 2.40. The normalized spacial score (nSPS) is 32.6. The number of benzene rings is 1. The van der Waals surface area contributed by atoms with Crippen LogP contribution in [0.4, 0.5) is 0 Å². The summed E-state index contributed by atoms with van der Waals surface area (Å²) in [6.45, 7) is 2.41. The second-order valence-electron chi connectivity index (χ2n) is 6.91. The molecule has 1 aromatic rings. The van der Waals surface area contributed by atoms with Gasteiger partial charge in [-0.1, -0.05) is 43.2 Å². The Morgan fingerprint density at radius 1 is 0.950 bits per heavy atom. The third-order valence-corrected chi connectivity index (χ3v) is 5.55. The van der Waals surface area contributed by atoms with Gasteiger partial charge < -0.3 is 5.32 Å². The van der Waals surface area contributed by atoms with Crippen molar-refractivity contribution in [3.05, 3.63) is 35.9 Å². The number of piperazine rings is 1. The van der Waals surface area contributed by atoms with Crippen molar-refractivity contribution < 1.29 is 0 Å². The van der Waals surface area contributed by atoms with Crippen molar-refractivity contribution in [3.8, 4) is 0 Å². The molecule has 1 aliphatic heterocycles. The van der Waals surface area contributed by atoms with Crippen LogP contribution in [0.3, 0.4) is 0 Å². The lowest BCUT2D eigenvalue weighted by Gasteiger charge is -2.44. The minimum absolute atomic E-state index is 0.592. The lowest BCUT2D eigenvalue weighted by molar-refractivity contribution is 0.0774. The first-order valence-corrected chi connectivity index (χ1v) is 8.46. The minimum atomic E-state index is 0.592. The van der Waals surface area contributed by atoms with Gasteiger partial charge in [-0.2, -0.15) is 0 Å². The number of nitrogens with one attached hydrogen (secondary N) is 1. The maximum Gasteiger partial charge on any atom is 0.0476 e. The highest BCUT2D eigenvalue weighted by Crippen LogP contribution is 2.39. The molecule has 2 unspecified atom stereocenters. The third-order valence-electron chi connectivity index (χ3n) is 5.55. The van der Waals surface area contributed by atoms with Crippen LogP contribution in [-0.4, -0.2) is 30.1 Å². The molecule has 0 aromatic heterocycles. The van der Waals surface area contributed by atoms with Gasteiger partial charge in [0.2, 0.25) is 0 Å². The molecule has 2 saturated carbocycles. The molecule has 0 radical (unpaired) electrons. The molecule has 0 amide bonds. The SMILES string of the molecule is c1ccc(C2CNC(C3CC3)CN2C2CCCC2)cc1. The van der Waals surface area contributed by atoms with Crippen molar-refractivity contribution >= 4 is 0 Å². The molecular weight excluding hydrogens is 244 g/mol. The largest absolute Gasteiger partial charge is 0.311 e. The molecule has 1 N–H and O–H groups in total. The van der Waals surface area contributed by atoms with E-state index in [1.54, 1.807) is 0 Å². The quantitative estimate of drug-likeness (QED) is 0.906. The summed E-state index contributed by atoms with van der Waals surface area (Å²) in [5.41, 5.74) is 1.50. The molecule has 1 saturated heterocycles. The first-order valence-electron chi connectivity index (χ1n) is 8.46. The average molecular weight is 270 g/mol. The van der Waals surface area contributed by atoms with Crippen LogP contribution in [0.25, 0.3) is 0 Å². The fraction of sp³-hybridized carbons (Fsp3) is 0.667. The summed E-state index contributed by atoms with van der Waals surface area (Å²) in [6.07, 6.45) is 8.61. The van der Waals surface area contributed by atoms with Crippen molar-refractivity contribution in [2.24, 2.45) is 5.92 Å². The number of rotatable bonds is 3. The first-order chi connectivity index (χ1) is 9.92. The fourth-order valence-electron chi connectivity index (χ4n) is 4.24.